The number of rotatable bonds is 11. The van der Waals surface area contributed by atoms with Gasteiger partial charge in [0.25, 0.3) is 0 Å². The molecule has 2 nitrogen and oxygen atoms in total. The second-order valence-electron chi connectivity index (χ2n) is 10.1. The predicted molar refractivity (Wildman–Crippen MR) is 130 cm³/mol. The molecular formula is C21H42BINOS. The van der Waals surface area contributed by atoms with E-state index in [2.05, 4.69) is 110 Å². The summed E-state index contributed by atoms with van der Waals surface area (Å²) >= 11 is 7.21. The molecule has 5 heteroatoms. The first-order valence-corrected chi connectivity index (χ1v) is 11.8. The molecule has 1 radical (unpaired) electrons. The summed E-state index contributed by atoms with van der Waals surface area (Å²) in [7, 11) is 2.37. The zero-order chi connectivity index (χ0) is 20.9. The highest BCUT2D eigenvalue weighted by atomic mass is 127. The first-order valence-electron chi connectivity index (χ1n) is 10.1. The molecule has 26 heavy (non-hydrogen) atoms. The Bertz CT molecular complexity index is 440. The summed E-state index contributed by atoms with van der Waals surface area (Å²) in [4.78, 5) is 12.5. The molecule has 0 bridgehead atoms. The molecule has 0 heterocycles. The highest BCUT2D eigenvalue weighted by Crippen LogP contribution is 2.44. The van der Waals surface area contributed by atoms with Crippen LogP contribution in [0.25, 0.3) is 0 Å². The van der Waals surface area contributed by atoms with E-state index < -0.39 is 0 Å². The van der Waals surface area contributed by atoms with E-state index in [0.29, 0.717) is 15.8 Å². The number of hydrogen-bond acceptors (Lipinski definition) is 2. The van der Waals surface area contributed by atoms with E-state index in [1.165, 1.54) is 0 Å². The molecule has 0 aromatic heterocycles. The van der Waals surface area contributed by atoms with Gasteiger partial charge in [-0.3, -0.25) is 4.79 Å². The van der Waals surface area contributed by atoms with Gasteiger partial charge in [-0.25, -0.2) is 0 Å². The maximum Gasteiger partial charge on any atom is 0.223 e. The Kier molecular flexibility index (Phi) is 11.2. The smallest absolute Gasteiger partial charge is 0.223 e. The van der Waals surface area contributed by atoms with Crippen molar-refractivity contribution in [1.29, 1.82) is 0 Å². The van der Waals surface area contributed by atoms with Gasteiger partial charge in [0.15, 0.2) is 0 Å². The second kappa shape index (κ2) is 11.0. The molecule has 0 aliphatic rings. The fourth-order valence-electron chi connectivity index (χ4n) is 3.53. The minimum atomic E-state index is -0.140. The van der Waals surface area contributed by atoms with Crippen LogP contribution in [0, 0.1) is 23.2 Å². The zero-order valence-corrected chi connectivity index (χ0v) is 21.7. The number of nitrogens with one attached hydrogen (secondary N) is 1. The van der Waals surface area contributed by atoms with Crippen LogP contribution >= 0.6 is 35.2 Å². The molecule has 153 valence electrons. The predicted octanol–water partition coefficient (Wildman–Crippen LogP) is 6.63. The lowest BCUT2D eigenvalue weighted by Crippen LogP contribution is -2.40. The van der Waals surface area contributed by atoms with Crippen LogP contribution in [-0.4, -0.2) is 22.5 Å². The first-order chi connectivity index (χ1) is 11.6. The molecule has 0 saturated carbocycles. The van der Waals surface area contributed by atoms with Gasteiger partial charge in [-0.2, -0.15) is 12.6 Å². The van der Waals surface area contributed by atoms with Crippen molar-refractivity contribution in [3.8, 4) is 0 Å². The summed E-state index contributed by atoms with van der Waals surface area (Å²) in [6.45, 7) is 22.4. The number of carbonyl (C=O) groups excluding carboxylic acids is 1. The molecule has 0 aromatic rings. The summed E-state index contributed by atoms with van der Waals surface area (Å²) in [5.74, 6) is 1.52. The maximum atomic E-state index is 12.5. The van der Waals surface area contributed by atoms with Crippen molar-refractivity contribution in [1.82, 2.24) is 5.32 Å². The number of thiol groups is 1. The Labute approximate surface area is 183 Å². The molecule has 0 aliphatic heterocycles. The molecule has 0 spiro atoms. The topological polar surface area (TPSA) is 29.1 Å². The van der Waals surface area contributed by atoms with E-state index in [-0.39, 0.29) is 33.7 Å². The van der Waals surface area contributed by atoms with Crippen molar-refractivity contribution in [2.75, 3.05) is 0 Å². The molecule has 0 saturated heterocycles. The number of alkyl halides is 1. The van der Waals surface area contributed by atoms with E-state index in [1.807, 2.05) is 6.92 Å². The van der Waals surface area contributed by atoms with Crippen LogP contribution in [0.15, 0.2) is 0 Å². The first kappa shape index (κ1) is 26.6. The van der Waals surface area contributed by atoms with Crippen molar-refractivity contribution in [3.05, 3.63) is 0 Å². The molecular weight excluding hydrogens is 452 g/mol. The van der Waals surface area contributed by atoms with Crippen molar-refractivity contribution < 1.29 is 4.79 Å². The summed E-state index contributed by atoms with van der Waals surface area (Å²) in [6.07, 6.45) is 2.04. The largest absolute Gasteiger partial charge is 0.345 e. The average molecular weight is 494 g/mol. The molecule has 0 fully saturated rings. The number of halogens is 1. The Morgan fingerprint density at radius 1 is 1.08 bits per heavy atom. The van der Waals surface area contributed by atoms with Gasteiger partial charge in [-0.1, -0.05) is 97.1 Å². The van der Waals surface area contributed by atoms with Gasteiger partial charge in [-0.05, 0) is 35.9 Å². The minimum Gasteiger partial charge on any atom is -0.345 e. The lowest BCUT2D eigenvalue weighted by molar-refractivity contribution is -0.125. The van der Waals surface area contributed by atoms with E-state index >= 15 is 0 Å². The Hall–Kier alpha value is 0.615. The SMILES string of the molecule is CC(CC(C)C(C)C)C(=O)NC(S)C(C)[B]C(C)(C)CC(C)(C)C(C)I. The minimum absolute atomic E-state index is 0.0288. The van der Waals surface area contributed by atoms with Crippen LogP contribution < -0.4 is 5.32 Å². The van der Waals surface area contributed by atoms with Crippen molar-refractivity contribution >= 4 is 48.4 Å². The summed E-state index contributed by atoms with van der Waals surface area (Å²) in [5, 5.41) is 3.09. The van der Waals surface area contributed by atoms with Gasteiger partial charge in [0.05, 0.1) is 5.37 Å². The molecule has 1 N–H and O–H groups in total. The van der Waals surface area contributed by atoms with Crippen LogP contribution in [0.5, 0.6) is 0 Å². The summed E-state index contributed by atoms with van der Waals surface area (Å²) in [6, 6.07) is 0. The van der Waals surface area contributed by atoms with Gasteiger partial charge < -0.3 is 5.32 Å². The molecule has 1 amide bonds. The number of amides is 1. The monoisotopic (exact) mass is 494 g/mol. The van der Waals surface area contributed by atoms with Gasteiger partial charge >= 0.3 is 0 Å². The van der Waals surface area contributed by atoms with Crippen molar-refractivity contribution in [2.24, 2.45) is 23.2 Å². The molecule has 0 aliphatic carbocycles. The standard InChI is InChI=1S/C21H42BINOS/c1-13(2)14(3)11-15(4)18(25)24-19(26)16(5)22-21(9,10)12-20(7,8)17(6)23/h13-17,19,26H,11-12H2,1-10H3,(H,24,25). The lowest BCUT2D eigenvalue weighted by atomic mass is 9.44. The highest BCUT2D eigenvalue weighted by molar-refractivity contribution is 14.1. The van der Waals surface area contributed by atoms with E-state index in [0.717, 1.165) is 12.8 Å². The van der Waals surface area contributed by atoms with E-state index in [9.17, 15) is 4.79 Å². The zero-order valence-electron chi connectivity index (χ0n) is 18.7. The highest BCUT2D eigenvalue weighted by Gasteiger charge is 2.35. The van der Waals surface area contributed by atoms with Crippen LogP contribution in [0.3, 0.4) is 0 Å². The van der Waals surface area contributed by atoms with Gasteiger partial charge in [0.2, 0.25) is 5.91 Å². The summed E-state index contributed by atoms with van der Waals surface area (Å²) < 4.78 is 0.610. The Morgan fingerprint density at radius 2 is 1.58 bits per heavy atom. The fraction of sp³-hybridized carbons (Fsp3) is 0.952. The third-order valence-corrected chi connectivity index (χ3v) is 8.09. The van der Waals surface area contributed by atoms with Crippen LogP contribution in [0.4, 0.5) is 0 Å². The van der Waals surface area contributed by atoms with Gasteiger partial charge in [0.1, 0.15) is 7.28 Å². The maximum absolute atomic E-state index is 12.5. The van der Waals surface area contributed by atoms with Gasteiger partial charge in [0, 0.05) is 9.84 Å². The third-order valence-electron chi connectivity index (χ3n) is 5.80. The fourth-order valence-corrected chi connectivity index (χ4v) is 3.97. The number of hydrogen-bond donors (Lipinski definition) is 2. The van der Waals surface area contributed by atoms with Crippen molar-refractivity contribution in [3.63, 3.8) is 0 Å². The normalized spacial score (nSPS) is 18.8. The molecule has 5 atom stereocenters. The van der Waals surface area contributed by atoms with Gasteiger partial charge in [-0.15, -0.1) is 0 Å². The Balaban J connectivity index is 4.66. The second-order valence-corrected chi connectivity index (χ2v) is 12.5. The molecule has 5 unspecified atom stereocenters. The molecule has 0 aromatic carbocycles. The quantitative estimate of drug-likeness (QED) is 0.109. The van der Waals surface area contributed by atoms with Crippen LogP contribution in [0.2, 0.25) is 11.1 Å². The lowest BCUT2D eigenvalue weighted by Gasteiger charge is -2.39. The van der Waals surface area contributed by atoms with E-state index in [4.69, 9.17) is 0 Å². The number of carbonyl (C=O) groups is 1. The third kappa shape index (κ3) is 9.70. The van der Waals surface area contributed by atoms with Crippen LogP contribution in [0.1, 0.15) is 82.1 Å². The van der Waals surface area contributed by atoms with E-state index in [1.54, 1.807) is 0 Å². The van der Waals surface area contributed by atoms with Crippen LogP contribution in [-0.2, 0) is 4.79 Å². The Morgan fingerprint density at radius 3 is 2.00 bits per heavy atom. The average Bonchev–Trinajstić information content (AvgIpc) is 2.44. The molecule has 0 rings (SSSR count). The van der Waals surface area contributed by atoms with Crippen molar-refractivity contribution in [2.45, 2.75) is 103 Å². The summed E-state index contributed by atoms with van der Waals surface area (Å²) in [5.41, 5.74) is 0.275.